The van der Waals surface area contributed by atoms with Gasteiger partial charge in [0.1, 0.15) is 0 Å². The van der Waals surface area contributed by atoms with Gasteiger partial charge in [-0.05, 0) is 38.1 Å². The third-order valence-corrected chi connectivity index (χ3v) is 3.96. The van der Waals surface area contributed by atoms with E-state index in [1.54, 1.807) is 11.3 Å². The van der Waals surface area contributed by atoms with Crippen molar-refractivity contribution in [3.05, 3.63) is 16.1 Å². The largest absolute Gasteiger partial charge is 0.312 e. The predicted molar refractivity (Wildman–Crippen MR) is 60.4 cm³/mol. The average Bonchev–Trinajstić information content (AvgIpc) is 2.93. The van der Waals surface area contributed by atoms with E-state index in [1.165, 1.54) is 23.4 Å². The number of aryl methyl sites for hydroxylation is 1. The van der Waals surface area contributed by atoms with E-state index in [-0.39, 0.29) is 0 Å². The third-order valence-electron chi connectivity index (χ3n) is 3.02. The van der Waals surface area contributed by atoms with Crippen molar-refractivity contribution in [1.82, 2.24) is 10.3 Å². The first kappa shape index (κ1) is 10.1. The van der Waals surface area contributed by atoms with Crippen LogP contribution < -0.4 is 5.32 Å². The molecule has 2 rings (SSSR count). The van der Waals surface area contributed by atoms with Crippen LogP contribution in [0.15, 0.2) is 5.51 Å². The molecule has 14 heavy (non-hydrogen) atoms. The molecule has 0 saturated heterocycles. The SMILES string of the molecule is Cc1ncsc1CNCC(C)C1CC1. The normalized spacial score (nSPS) is 18.4. The Bertz CT molecular complexity index is 291. The van der Waals surface area contributed by atoms with Crippen LogP contribution in [0.4, 0.5) is 0 Å². The van der Waals surface area contributed by atoms with E-state index in [9.17, 15) is 0 Å². The Morgan fingerprint density at radius 2 is 2.43 bits per heavy atom. The zero-order valence-electron chi connectivity index (χ0n) is 8.92. The van der Waals surface area contributed by atoms with Gasteiger partial charge in [-0.2, -0.15) is 0 Å². The molecule has 0 aromatic carbocycles. The second kappa shape index (κ2) is 4.41. The molecule has 1 aromatic rings. The number of aromatic nitrogens is 1. The second-order valence-electron chi connectivity index (χ2n) is 4.31. The van der Waals surface area contributed by atoms with Crippen molar-refractivity contribution in [1.29, 1.82) is 0 Å². The molecule has 1 heterocycles. The maximum Gasteiger partial charge on any atom is 0.0798 e. The highest BCUT2D eigenvalue weighted by molar-refractivity contribution is 7.09. The molecule has 0 amide bonds. The standard InChI is InChI=1S/C11H18N2S/c1-8(10-3-4-10)5-12-6-11-9(2)13-7-14-11/h7-8,10,12H,3-6H2,1-2H3. The molecule has 1 atom stereocenters. The Kier molecular flexibility index (Phi) is 3.19. The second-order valence-corrected chi connectivity index (χ2v) is 5.25. The molecule has 78 valence electrons. The lowest BCUT2D eigenvalue weighted by Gasteiger charge is -2.10. The molecule has 1 N–H and O–H groups in total. The number of thiazole rings is 1. The molecular weight excluding hydrogens is 192 g/mol. The van der Waals surface area contributed by atoms with Crippen molar-refractivity contribution in [3.63, 3.8) is 0 Å². The molecule has 0 radical (unpaired) electrons. The minimum atomic E-state index is 0.850. The first-order chi connectivity index (χ1) is 6.77. The minimum absolute atomic E-state index is 0.850. The van der Waals surface area contributed by atoms with Gasteiger partial charge in [0, 0.05) is 11.4 Å². The first-order valence-corrected chi connectivity index (χ1v) is 6.25. The van der Waals surface area contributed by atoms with Crippen molar-refractivity contribution >= 4 is 11.3 Å². The van der Waals surface area contributed by atoms with Gasteiger partial charge < -0.3 is 5.32 Å². The van der Waals surface area contributed by atoms with Gasteiger partial charge in [-0.3, -0.25) is 0 Å². The van der Waals surface area contributed by atoms with Crippen LogP contribution >= 0.6 is 11.3 Å². The Morgan fingerprint density at radius 3 is 3.00 bits per heavy atom. The van der Waals surface area contributed by atoms with Crippen LogP contribution in [0.2, 0.25) is 0 Å². The number of nitrogens with zero attached hydrogens (tertiary/aromatic N) is 1. The van der Waals surface area contributed by atoms with E-state index in [0.717, 1.165) is 24.9 Å². The van der Waals surface area contributed by atoms with Crippen LogP contribution in [0.25, 0.3) is 0 Å². The van der Waals surface area contributed by atoms with Gasteiger partial charge in [0.05, 0.1) is 11.2 Å². The smallest absolute Gasteiger partial charge is 0.0798 e. The van der Waals surface area contributed by atoms with Gasteiger partial charge in [-0.25, -0.2) is 4.98 Å². The number of nitrogens with one attached hydrogen (secondary N) is 1. The molecule has 1 aromatic heterocycles. The van der Waals surface area contributed by atoms with E-state index in [2.05, 4.69) is 24.1 Å². The average molecular weight is 210 g/mol. The summed E-state index contributed by atoms with van der Waals surface area (Å²) in [7, 11) is 0. The molecule has 0 aliphatic heterocycles. The van der Waals surface area contributed by atoms with Crippen LogP contribution in [-0.2, 0) is 6.54 Å². The molecule has 3 heteroatoms. The van der Waals surface area contributed by atoms with E-state index in [0.29, 0.717) is 0 Å². The summed E-state index contributed by atoms with van der Waals surface area (Å²) in [6, 6.07) is 0. The van der Waals surface area contributed by atoms with Crippen LogP contribution in [0, 0.1) is 18.8 Å². The minimum Gasteiger partial charge on any atom is -0.312 e. The zero-order chi connectivity index (χ0) is 9.97. The Labute approximate surface area is 89.8 Å². The summed E-state index contributed by atoms with van der Waals surface area (Å²) in [5.41, 5.74) is 3.11. The molecule has 2 nitrogen and oxygen atoms in total. The highest BCUT2D eigenvalue weighted by atomic mass is 32.1. The molecular formula is C11H18N2S. The monoisotopic (exact) mass is 210 g/mol. The molecule has 0 bridgehead atoms. The van der Waals surface area contributed by atoms with Crippen molar-refractivity contribution in [3.8, 4) is 0 Å². The van der Waals surface area contributed by atoms with Gasteiger partial charge in [-0.1, -0.05) is 6.92 Å². The van der Waals surface area contributed by atoms with Gasteiger partial charge in [0.25, 0.3) is 0 Å². The Hall–Kier alpha value is -0.410. The Morgan fingerprint density at radius 1 is 1.64 bits per heavy atom. The van der Waals surface area contributed by atoms with Gasteiger partial charge in [-0.15, -0.1) is 11.3 Å². The molecule has 1 fully saturated rings. The lowest BCUT2D eigenvalue weighted by molar-refractivity contribution is 0.462. The summed E-state index contributed by atoms with van der Waals surface area (Å²) >= 11 is 1.75. The van der Waals surface area contributed by atoms with Crippen LogP contribution in [-0.4, -0.2) is 11.5 Å². The maximum atomic E-state index is 4.24. The van der Waals surface area contributed by atoms with Gasteiger partial charge in [0.15, 0.2) is 0 Å². The van der Waals surface area contributed by atoms with Crippen LogP contribution in [0.1, 0.15) is 30.3 Å². The van der Waals surface area contributed by atoms with Gasteiger partial charge in [0.2, 0.25) is 0 Å². The van der Waals surface area contributed by atoms with Gasteiger partial charge >= 0.3 is 0 Å². The van der Waals surface area contributed by atoms with Crippen molar-refractivity contribution < 1.29 is 0 Å². The molecule has 1 saturated carbocycles. The molecule has 0 spiro atoms. The zero-order valence-corrected chi connectivity index (χ0v) is 9.73. The van der Waals surface area contributed by atoms with E-state index >= 15 is 0 Å². The van der Waals surface area contributed by atoms with E-state index in [4.69, 9.17) is 0 Å². The summed E-state index contributed by atoms with van der Waals surface area (Å²) in [5, 5.41) is 3.52. The fourth-order valence-corrected chi connectivity index (χ4v) is 2.49. The summed E-state index contributed by atoms with van der Waals surface area (Å²) in [6.07, 6.45) is 2.89. The third kappa shape index (κ3) is 2.55. The summed E-state index contributed by atoms with van der Waals surface area (Å²) < 4.78 is 0. The highest BCUT2D eigenvalue weighted by Crippen LogP contribution is 2.36. The van der Waals surface area contributed by atoms with Crippen molar-refractivity contribution in [2.24, 2.45) is 11.8 Å². The lowest BCUT2D eigenvalue weighted by atomic mass is 10.1. The fourth-order valence-electron chi connectivity index (χ4n) is 1.74. The Balaban J connectivity index is 1.69. The highest BCUT2D eigenvalue weighted by Gasteiger charge is 2.27. The summed E-state index contributed by atoms with van der Waals surface area (Å²) in [6.45, 7) is 6.58. The quantitative estimate of drug-likeness (QED) is 0.808. The lowest BCUT2D eigenvalue weighted by Crippen LogP contribution is -2.21. The summed E-state index contributed by atoms with van der Waals surface area (Å²) in [4.78, 5) is 5.62. The number of hydrogen-bond donors (Lipinski definition) is 1. The molecule has 1 aliphatic carbocycles. The molecule has 1 unspecified atom stereocenters. The molecule has 1 aliphatic rings. The van der Waals surface area contributed by atoms with Crippen molar-refractivity contribution in [2.75, 3.05) is 6.54 Å². The van der Waals surface area contributed by atoms with Crippen molar-refractivity contribution in [2.45, 2.75) is 33.2 Å². The van der Waals surface area contributed by atoms with E-state index in [1.807, 2.05) is 5.51 Å². The fraction of sp³-hybridized carbons (Fsp3) is 0.727. The van der Waals surface area contributed by atoms with E-state index < -0.39 is 0 Å². The van der Waals surface area contributed by atoms with Crippen LogP contribution in [0.5, 0.6) is 0 Å². The predicted octanol–water partition coefficient (Wildman–Crippen LogP) is 2.59. The summed E-state index contributed by atoms with van der Waals surface area (Å²) in [5.74, 6) is 1.85. The topological polar surface area (TPSA) is 24.9 Å². The number of hydrogen-bond acceptors (Lipinski definition) is 3. The first-order valence-electron chi connectivity index (χ1n) is 5.37. The maximum absolute atomic E-state index is 4.24. The number of rotatable bonds is 5. The van der Waals surface area contributed by atoms with Crippen LogP contribution in [0.3, 0.4) is 0 Å².